The summed E-state index contributed by atoms with van der Waals surface area (Å²) in [5.74, 6) is -0.0705. The number of aryl methyl sites for hydroxylation is 2. The van der Waals surface area contributed by atoms with Crippen molar-refractivity contribution in [3.05, 3.63) is 40.9 Å². The molecule has 0 amide bonds. The quantitative estimate of drug-likeness (QED) is 0.539. The Bertz CT molecular complexity index is 914. The molecule has 8 nitrogen and oxygen atoms in total. The Balaban J connectivity index is 1.86. The number of nitrogens with zero attached hydrogens (tertiary/aromatic N) is 4. The van der Waals surface area contributed by atoms with Gasteiger partial charge in [0, 0.05) is 0 Å². The van der Waals surface area contributed by atoms with Gasteiger partial charge in [-0.15, -0.1) is 0 Å². The number of imidazole rings is 1. The van der Waals surface area contributed by atoms with Crippen LogP contribution in [0.1, 0.15) is 16.3 Å². The fourth-order valence-electron chi connectivity index (χ4n) is 2.52. The Hall–Kier alpha value is -2.87. The zero-order chi connectivity index (χ0) is 17.4. The molecule has 0 unspecified atom stereocenters. The molecule has 0 aliphatic rings. The van der Waals surface area contributed by atoms with Crippen LogP contribution in [0.25, 0.3) is 11.0 Å². The molecule has 2 aromatic heterocycles. The number of anilines is 2. The summed E-state index contributed by atoms with van der Waals surface area (Å²) in [6.45, 7) is 0.0453. The van der Waals surface area contributed by atoms with Crippen LogP contribution in [-0.4, -0.2) is 20.5 Å². The highest BCUT2D eigenvalue weighted by Gasteiger charge is 2.23. The summed E-state index contributed by atoms with van der Waals surface area (Å²) in [6.07, 6.45) is 0. The van der Waals surface area contributed by atoms with Gasteiger partial charge in [-0.25, -0.2) is 23.9 Å². The van der Waals surface area contributed by atoms with E-state index in [1.54, 1.807) is 0 Å². The molecule has 0 saturated carbocycles. The molecule has 4 N–H and O–H groups in total. The van der Waals surface area contributed by atoms with Crippen LogP contribution < -0.4 is 16.0 Å². The lowest BCUT2D eigenvalue weighted by atomic mass is 10.3. The van der Waals surface area contributed by atoms with Crippen LogP contribution in [0.15, 0.2) is 24.3 Å². The predicted molar refractivity (Wildman–Crippen MR) is 89.1 cm³/mol. The summed E-state index contributed by atoms with van der Waals surface area (Å²) in [5, 5.41) is -0.0914. The molecule has 3 aromatic rings. The van der Waals surface area contributed by atoms with Crippen molar-refractivity contribution in [1.82, 2.24) is 14.5 Å². The Morgan fingerprint density at radius 3 is 2.71 bits per heavy atom. The third-order valence-corrected chi connectivity index (χ3v) is 4.09. The van der Waals surface area contributed by atoms with E-state index in [-0.39, 0.29) is 29.1 Å². The standard InChI is InChI=1S/C15H15ClN6O2/c1-21-8-5-3-4-6-9(8)22(2)10(21)7-24-15(23)11-13(17)20-14(18)12(16)19-11/h3-6H,7H2,1-2H3,(H3-,17,18,20,23)/p+1. The molecule has 0 spiro atoms. The summed E-state index contributed by atoms with van der Waals surface area (Å²) in [7, 11) is 3.81. The van der Waals surface area contributed by atoms with Crippen LogP contribution in [0.4, 0.5) is 11.6 Å². The van der Waals surface area contributed by atoms with Crippen molar-refractivity contribution in [1.29, 1.82) is 0 Å². The second kappa shape index (κ2) is 5.97. The molecule has 0 aliphatic carbocycles. The number of ether oxygens (including phenoxy) is 1. The lowest BCUT2D eigenvalue weighted by Gasteiger charge is -2.06. The molecule has 0 fully saturated rings. The first kappa shape index (κ1) is 16.0. The van der Waals surface area contributed by atoms with Crippen molar-refractivity contribution >= 4 is 40.2 Å². The third-order valence-electron chi connectivity index (χ3n) is 3.81. The fourth-order valence-corrected chi connectivity index (χ4v) is 2.65. The maximum Gasteiger partial charge on any atom is 0.361 e. The number of fused-ring (bicyclic) bond motifs is 1. The first-order chi connectivity index (χ1) is 11.4. The number of rotatable bonds is 3. The summed E-state index contributed by atoms with van der Waals surface area (Å²) in [6, 6.07) is 7.88. The van der Waals surface area contributed by atoms with Gasteiger partial charge in [-0.3, -0.25) is 0 Å². The van der Waals surface area contributed by atoms with Crippen molar-refractivity contribution in [2.24, 2.45) is 14.1 Å². The zero-order valence-corrected chi connectivity index (χ0v) is 13.9. The molecule has 0 atom stereocenters. The Morgan fingerprint density at radius 1 is 1.29 bits per heavy atom. The van der Waals surface area contributed by atoms with E-state index >= 15 is 0 Å². The van der Waals surface area contributed by atoms with E-state index in [4.69, 9.17) is 27.8 Å². The van der Waals surface area contributed by atoms with E-state index in [0.717, 1.165) is 16.9 Å². The van der Waals surface area contributed by atoms with Gasteiger partial charge in [-0.1, -0.05) is 23.7 Å². The van der Waals surface area contributed by atoms with Crippen molar-refractivity contribution in [3.63, 3.8) is 0 Å². The van der Waals surface area contributed by atoms with Gasteiger partial charge in [0.1, 0.15) is 0 Å². The number of carbonyl (C=O) groups is 1. The van der Waals surface area contributed by atoms with Gasteiger partial charge in [-0.2, -0.15) is 0 Å². The predicted octanol–water partition coefficient (Wildman–Crippen LogP) is 0.968. The number of hydrogen-bond acceptors (Lipinski definition) is 6. The second-order valence-corrected chi connectivity index (χ2v) is 5.59. The first-order valence-electron chi connectivity index (χ1n) is 7.08. The van der Waals surface area contributed by atoms with E-state index in [2.05, 4.69) is 9.97 Å². The molecule has 3 rings (SSSR count). The molecule has 1 aromatic carbocycles. The van der Waals surface area contributed by atoms with E-state index in [9.17, 15) is 4.79 Å². The summed E-state index contributed by atoms with van der Waals surface area (Å²) >= 11 is 5.78. The van der Waals surface area contributed by atoms with Crippen molar-refractivity contribution in [2.45, 2.75) is 6.61 Å². The number of hydrogen-bond donors (Lipinski definition) is 2. The molecule has 2 heterocycles. The number of halogens is 1. The number of carbonyl (C=O) groups excluding carboxylic acids is 1. The SMILES string of the molecule is Cn1c(COC(=O)c2nc(Cl)c(N)nc2N)[n+](C)c2ccccc21. The Morgan fingerprint density at radius 2 is 2.00 bits per heavy atom. The molecule has 0 saturated heterocycles. The third kappa shape index (κ3) is 2.61. The average molecular weight is 348 g/mol. The van der Waals surface area contributed by atoms with Gasteiger partial charge in [-0.05, 0) is 12.1 Å². The smallest absolute Gasteiger partial charge is 0.361 e. The minimum atomic E-state index is -0.716. The van der Waals surface area contributed by atoms with Crippen LogP contribution >= 0.6 is 11.6 Å². The minimum absolute atomic E-state index is 0.0363. The number of nitrogens with two attached hydrogens (primary N) is 2. The van der Waals surface area contributed by atoms with Gasteiger partial charge >= 0.3 is 5.97 Å². The lowest BCUT2D eigenvalue weighted by Crippen LogP contribution is -2.33. The number of aromatic nitrogens is 4. The topological polar surface area (TPSA) is 113 Å². The lowest BCUT2D eigenvalue weighted by molar-refractivity contribution is -0.655. The van der Waals surface area contributed by atoms with Crippen LogP contribution in [0.2, 0.25) is 5.15 Å². The van der Waals surface area contributed by atoms with Crippen molar-refractivity contribution < 1.29 is 14.1 Å². The highest BCUT2D eigenvalue weighted by Crippen LogP contribution is 2.19. The van der Waals surface area contributed by atoms with Crippen molar-refractivity contribution in [3.8, 4) is 0 Å². The van der Waals surface area contributed by atoms with Gasteiger partial charge in [0.15, 0.2) is 40.1 Å². The first-order valence-corrected chi connectivity index (χ1v) is 7.46. The second-order valence-electron chi connectivity index (χ2n) is 5.23. The summed E-state index contributed by atoms with van der Waals surface area (Å²) < 4.78 is 9.22. The maximum atomic E-state index is 12.2. The molecule has 0 aliphatic heterocycles. The van der Waals surface area contributed by atoms with Crippen LogP contribution in [0.5, 0.6) is 0 Å². The Kier molecular flexibility index (Phi) is 3.98. The van der Waals surface area contributed by atoms with E-state index < -0.39 is 5.97 Å². The van der Waals surface area contributed by atoms with E-state index in [1.807, 2.05) is 47.5 Å². The normalized spacial score (nSPS) is 11.0. The van der Waals surface area contributed by atoms with Crippen LogP contribution in [0, 0.1) is 0 Å². The number of para-hydroxylation sites is 2. The fraction of sp³-hybridized carbons (Fsp3) is 0.200. The number of esters is 1. The monoisotopic (exact) mass is 347 g/mol. The Labute approximate surface area is 142 Å². The number of nitrogen functional groups attached to an aromatic ring is 2. The average Bonchev–Trinajstić information content (AvgIpc) is 2.80. The summed E-state index contributed by atoms with van der Waals surface area (Å²) in [5.41, 5.74) is 13.1. The molecular formula is C15H16ClN6O2+. The van der Waals surface area contributed by atoms with Gasteiger partial charge in [0.25, 0.3) is 5.82 Å². The molecule has 9 heteroatoms. The van der Waals surface area contributed by atoms with Gasteiger partial charge in [0.2, 0.25) is 0 Å². The zero-order valence-electron chi connectivity index (χ0n) is 13.2. The van der Waals surface area contributed by atoms with Crippen molar-refractivity contribution in [2.75, 3.05) is 11.5 Å². The molecule has 0 radical (unpaired) electrons. The highest BCUT2D eigenvalue weighted by atomic mass is 35.5. The molecule has 24 heavy (non-hydrogen) atoms. The molecule has 124 valence electrons. The largest absolute Gasteiger partial charge is 0.448 e. The molecule has 0 bridgehead atoms. The van der Waals surface area contributed by atoms with Gasteiger partial charge < -0.3 is 16.2 Å². The minimum Gasteiger partial charge on any atom is -0.448 e. The molecular weight excluding hydrogens is 332 g/mol. The highest BCUT2D eigenvalue weighted by molar-refractivity contribution is 6.31. The number of benzene rings is 1. The van der Waals surface area contributed by atoms with Gasteiger partial charge in [0.05, 0.1) is 14.1 Å². The van der Waals surface area contributed by atoms with E-state index in [0.29, 0.717) is 0 Å². The van der Waals surface area contributed by atoms with Crippen LogP contribution in [-0.2, 0) is 25.4 Å². The summed E-state index contributed by atoms with van der Waals surface area (Å²) in [4.78, 5) is 19.8. The van der Waals surface area contributed by atoms with Crippen LogP contribution in [0.3, 0.4) is 0 Å². The van der Waals surface area contributed by atoms with E-state index in [1.165, 1.54) is 0 Å². The maximum absolute atomic E-state index is 12.2.